The Morgan fingerprint density at radius 1 is 1.59 bits per heavy atom. The van der Waals surface area contributed by atoms with Gasteiger partial charge in [0.2, 0.25) is 5.28 Å². The summed E-state index contributed by atoms with van der Waals surface area (Å²) < 4.78 is 5.36. The van der Waals surface area contributed by atoms with Crippen LogP contribution in [-0.4, -0.2) is 46.6 Å². The van der Waals surface area contributed by atoms with Gasteiger partial charge in [0, 0.05) is 19.3 Å². The molecule has 0 N–H and O–H groups in total. The molecule has 1 atom stereocenters. The lowest BCUT2D eigenvalue weighted by Crippen LogP contribution is -2.44. The standard InChI is InChI=1S/C10H11Cl2N3O2/c1-6-5-15(2-3-17-6)9(16)7-4-13-10(12)14-8(7)11/h4,6H,2-3,5H2,1H3. The summed E-state index contributed by atoms with van der Waals surface area (Å²) in [5.74, 6) is -0.193. The second kappa shape index (κ2) is 5.16. The highest BCUT2D eigenvalue weighted by molar-refractivity contribution is 6.34. The average Bonchev–Trinajstić information content (AvgIpc) is 2.28. The minimum absolute atomic E-state index is 0.0275. The third-order valence-electron chi connectivity index (χ3n) is 2.47. The molecule has 1 fully saturated rings. The van der Waals surface area contributed by atoms with Crippen molar-refractivity contribution in [2.75, 3.05) is 19.7 Å². The number of nitrogens with zero attached hydrogens (tertiary/aromatic N) is 3. The van der Waals surface area contributed by atoms with Gasteiger partial charge < -0.3 is 9.64 Å². The first-order valence-electron chi connectivity index (χ1n) is 5.17. The van der Waals surface area contributed by atoms with E-state index in [1.165, 1.54) is 6.20 Å². The summed E-state index contributed by atoms with van der Waals surface area (Å²) in [4.78, 5) is 21.3. The quantitative estimate of drug-likeness (QED) is 0.578. The number of carbonyl (C=O) groups is 1. The summed E-state index contributed by atoms with van der Waals surface area (Å²) in [5.41, 5.74) is 0.269. The molecule has 1 aromatic rings. The number of halogens is 2. The van der Waals surface area contributed by atoms with Crippen molar-refractivity contribution in [3.05, 3.63) is 22.2 Å². The van der Waals surface area contributed by atoms with Crippen LogP contribution in [-0.2, 0) is 4.74 Å². The second-order valence-electron chi connectivity index (χ2n) is 3.78. The van der Waals surface area contributed by atoms with Gasteiger partial charge in [-0.1, -0.05) is 11.6 Å². The number of hydrogen-bond acceptors (Lipinski definition) is 4. The third kappa shape index (κ3) is 2.86. The van der Waals surface area contributed by atoms with Crippen molar-refractivity contribution in [1.82, 2.24) is 14.9 Å². The minimum atomic E-state index is -0.193. The molecule has 1 aromatic heterocycles. The summed E-state index contributed by atoms with van der Waals surface area (Å²) in [6.07, 6.45) is 1.37. The van der Waals surface area contributed by atoms with Gasteiger partial charge in [0.05, 0.1) is 18.3 Å². The van der Waals surface area contributed by atoms with E-state index in [0.717, 1.165) is 0 Å². The summed E-state index contributed by atoms with van der Waals surface area (Å²) >= 11 is 11.4. The van der Waals surface area contributed by atoms with Crippen molar-refractivity contribution < 1.29 is 9.53 Å². The van der Waals surface area contributed by atoms with Crippen LogP contribution in [0.25, 0.3) is 0 Å². The summed E-state index contributed by atoms with van der Waals surface area (Å²) in [5, 5.41) is 0.107. The number of hydrogen-bond donors (Lipinski definition) is 0. The Balaban J connectivity index is 2.18. The first-order valence-corrected chi connectivity index (χ1v) is 5.92. The van der Waals surface area contributed by atoms with Crippen molar-refractivity contribution in [3.8, 4) is 0 Å². The molecule has 5 nitrogen and oxygen atoms in total. The molecule has 92 valence electrons. The molecule has 0 radical (unpaired) electrons. The third-order valence-corrected chi connectivity index (χ3v) is 2.94. The molecule has 2 heterocycles. The van der Waals surface area contributed by atoms with E-state index in [-0.39, 0.29) is 28.0 Å². The maximum atomic E-state index is 12.1. The van der Waals surface area contributed by atoms with Crippen LogP contribution >= 0.6 is 23.2 Å². The van der Waals surface area contributed by atoms with Gasteiger partial charge in [-0.2, -0.15) is 0 Å². The maximum Gasteiger partial charge on any atom is 0.258 e. The monoisotopic (exact) mass is 275 g/mol. The Bertz CT molecular complexity index is 442. The molecular formula is C10H11Cl2N3O2. The number of amides is 1. The maximum absolute atomic E-state index is 12.1. The number of morpholine rings is 1. The van der Waals surface area contributed by atoms with Crippen LogP contribution in [0.3, 0.4) is 0 Å². The van der Waals surface area contributed by atoms with Gasteiger partial charge in [-0.25, -0.2) is 9.97 Å². The van der Waals surface area contributed by atoms with E-state index in [0.29, 0.717) is 19.7 Å². The summed E-state index contributed by atoms with van der Waals surface area (Å²) in [6, 6.07) is 0. The van der Waals surface area contributed by atoms with Gasteiger partial charge >= 0.3 is 0 Å². The van der Waals surface area contributed by atoms with Gasteiger partial charge in [-0.3, -0.25) is 4.79 Å². The fourth-order valence-corrected chi connectivity index (χ4v) is 2.04. The first kappa shape index (κ1) is 12.5. The van der Waals surface area contributed by atoms with Gasteiger partial charge in [0.15, 0.2) is 0 Å². The van der Waals surface area contributed by atoms with Crippen molar-refractivity contribution in [2.24, 2.45) is 0 Å². The highest BCUT2D eigenvalue weighted by Gasteiger charge is 2.24. The molecule has 0 aliphatic carbocycles. The molecule has 0 spiro atoms. The predicted molar refractivity (Wildman–Crippen MR) is 63.4 cm³/mol. The van der Waals surface area contributed by atoms with Crippen molar-refractivity contribution >= 4 is 29.1 Å². The molecule has 0 bridgehead atoms. The van der Waals surface area contributed by atoms with Crippen LogP contribution in [0.2, 0.25) is 10.4 Å². The number of ether oxygens (including phenoxy) is 1. The highest BCUT2D eigenvalue weighted by Crippen LogP contribution is 2.17. The number of aromatic nitrogens is 2. The molecular weight excluding hydrogens is 265 g/mol. The number of carbonyl (C=O) groups excluding carboxylic acids is 1. The highest BCUT2D eigenvalue weighted by atomic mass is 35.5. The molecule has 1 aliphatic heterocycles. The minimum Gasteiger partial charge on any atom is -0.375 e. The van der Waals surface area contributed by atoms with Crippen LogP contribution in [0.4, 0.5) is 0 Å². The molecule has 0 aromatic carbocycles. The van der Waals surface area contributed by atoms with Gasteiger partial charge in [0.1, 0.15) is 5.15 Å². The fraction of sp³-hybridized carbons (Fsp3) is 0.500. The lowest BCUT2D eigenvalue weighted by Gasteiger charge is -2.31. The Morgan fingerprint density at radius 2 is 2.35 bits per heavy atom. The first-order chi connectivity index (χ1) is 8.08. The Kier molecular flexibility index (Phi) is 3.81. The largest absolute Gasteiger partial charge is 0.375 e. The van der Waals surface area contributed by atoms with Gasteiger partial charge in [-0.05, 0) is 18.5 Å². The molecule has 1 saturated heterocycles. The molecule has 1 unspecified atom stereocenters. The lowest BCUT2D eigenvalue weighted by atomic mass is 10.2. The normalized spacial score (nSPS) is 20.4. The predicted octanol–water partition coefficient (Wildman–Crippen LogP) is 1.64. The molecule has 1 aliphatic rings. The van der Waals surface area contributed by atoms with E-state index in [2.05, 4.69) is 9.97 Å². The summed E-state index contributed by atoms with van der Waals surface area (Å²) in [6.45, 7) is 3.53. The van der Waals surface area contributed by atoms with Crippen molar-refractivity contribution in [3.63, 3.8) is 0 Å². The smallest absolute Gasteiger partial charge is 0.258 e. The topological polar surface area (TPSA) is 55.3 Å². The Hall–Kier alpha value is -0.910. The van der Waals surface area contributed by atoms with E-state index in [1.54, 1.807) is 4.90 Å². The van der Waals surface area contributed by atoms with Gasteiger partial charge in [-0.15, -0.1) is 0 Å². The SMILES string of the molecule is CC1CN(C(=O)c2cnc(Cl)nc2Cl)CCO1. The van der Waals surface area contributed by atoms with Crippen molar-refractivity contribution in [2.45, 2.75) is 13.0 Å². The molecule has 7 heteroatoms. The average molecular weight is 276 g/mol. The van der Waals surface area contributed by atoms with Crippen LogP contribution in [0.1, 0.15) is 17.3 Å². The van der Waals surface area contributed by atoms with Crippen molar-refractivity contribution in [1.29, 1.82) is 0 Å². The van der Waals surface area contributed by atoms with E-state index < -0.39 is 0 Å². The van der Waals surface area contributed by atoms with Crippen LogP contribution in [0.5, 0.6) is 0 Å². The van der Waals surface area contributed by atoms with Crippen LogP contribution in [0.15, 0.2) is 6.20 Å². The molecule has 1 amide bonds. The fourth-order valence-electron chi connectivity index (χ4n) is 1.66. The zero-order chi connectivity index (χ0) is 12.4. The van der Waals surface area contributed by atoms with Crippen LogP contribution < -0.4 is 0 Å². The lowest BCUT2D eigenvalue weighted by molar-refractivity contribution is -0.0124. The van der Waals surface area contributed by atoms with E-state index in [1.807, 2.05) is 6.92 Å². The molecule has 2 rings (SSSR count). The zero-order valence-electron chi connectivity index (χ0n) is 9.19. The van der Waals surface area contributed by atoms with E-state index >= 15 is 0 Å². The number of rotatable bonds is 1. The van der Waals surface area contributed by atoms with E-state index in [4.69, 9.17) is 27.9 Å². The molecule has 0 saturated carbocycles. The van der Waals surface area contributed by atoms with Gasteiger partial charge in [0.25, 0.3) is 5.91 Å². The second-order valence-corrected chi connectivity index (χ2v) is 4.47. The van der Waals surface area contributed by atoms with E-state index in [9.17, 15) is 4.79 Å². The van der Waals surface area contributed by atoms with Crippen LogP contribution in [0, 0.1) is 0 Å². The Labute approximate surface area is 109 Å². The Morgan fingerprint density at radius 3 is 3.00 bits per heavy atom. The zero-order valence-corrected chi connectivity index (χ0v) is 10.7. The molecule has 17 heavy (non-hydrogen) atoms. The summed E-state index contributed by atoms with van der Waals surface area (Å²) in [7, 11) is 0.